The molecule has 6 heteroatoms. The minimum Gasteiger partial charge on any atom is -0.506 e. The van der Waals surface area contributed by atoms with Crippen LogP contribution in [0, 0.1) is 0 Å². The lowest BCUT2D eigenvalue weighted by molar-refractivity contribution is 0.0527. The summed E-state index contributed by atoms with van der Waals surface area (Å²) in [6.07, 6.45) is 1.67. The molecule has 0 saturated heterocycles. The van der Waals surface area contributed by atoms with E-state index in [9.17, 15) is 15.0 Å². The number of nitrogens with zero attached hydrogens (tertiary/aromatic N) is 2. The first kappa shape index (κ1) is 21.8. The number of pyridine rings is 2. The van der Waals surface area contributed by atoms with E-state index in [0.29, 0.717) is 34.5 Å². The molecule has 0 bridgehead atoms. The average molecular weight is 438 g/mol. The lowest BCUT2D eigenvalue weighted by Crippen LogP contribution is -2.06. The van der Waals surface area contributed by atoms with Crippen LogP contribution in [-0.2, 0) is 4.74 Å². The van der Waals surface area contributed by atoms with Gasteiger partial charge in [-0.15, -0.1) is 0 Å². The summed E-state index contributed by atoms with van der Waals surface area (Å²) in [6.45, 7) is 2.09. The van der Waals surface area contributed by atoms with Crippen LogP contribution in [0.15, 0.2) is 91.1 Å². The van der Waals surface area contributed by atoms with Gasteiger partial charge in [0.2, 0.25) is 0 Å². The summed E-state index contributed by atoms with van der Waals surface area (Å²) in [5.74, 6) is -0.0200. The lowest BCUT2D eigenvalue weighted by atomic mass is 10.0. The summed E-state index contributed by atoms with van der Waals surface area (Å²) < 4.78 is 5.09. The topological polar surface area (TPSA) is 92.5 Å². The molecule has 0 aliphatic carbocycles. The SMILES string of the molecule is CCOC(=O)c1ccccc1-c1ccc2cccc(O)c2n1.Oc1cccc2cccnc12. The van der Waals surface area contributed by atoms with Crippen LogP contribution in [0.5, 0.6) is 11.5 Å². The second-order valence-electron chi connectivity index (χ2n) is 7.16. The van der Waals surface area contributed by atoms with Crippen molar-refractivity contribution in [3.63, 3.8) is 0 Å². The van der Waals surface area contributed by atoms with E-state index in [1.54, 1.807) is 49.5 Å². The minimum absolute atomic E-state index is 0.118. The summed E-state index contributed by atoms with van der Waals surface area (Å²) in [6, 6.07) is 25.2. The Bertz CT molecular complexity index is 1430. The van der Waals surface area contributed by atoms with Crippen molar-refractivity contribution in [1.82, 2.24) is 9.97 Å². The number of para-hydroxylation sites is 2. The van der Waals surface area contributed by atoms with Gasteiger partial charge in [0.05, 0.1) is 17.9 Å². The van der Waals surface area contributed by atoms with Gasteiger partial charge in [-0.1, -0.05) is 54.6 Å². The van der Waals surface area contributed by atoms with E-state index in [4.69, 9.17) is 4.74 Å². The maximum absolute atomic E-state index is 12.1. The molecule has 0 spiro atoms. The van der Waals surface area contributed by atoms with E-state index in [-0.39, 0.29) is 17.5 Å². The van der Waals surface area contributed by atoms with Crippen molar-refractivity contribution in [3.05, 3.63) is 96.7 Å². The Hall–Kier alpha value is -4.45. The molecule has 2 N–H and O–H groups in total. The van der Waals surface area contributed by atoms with Gasteiger partial charge in [-0.05, 0) is 37.3 Å². The van der Waals surface area contributed by atoms with Crippen LogP contribution in [0.1, 0.15) is 17.3 Å². The number of carbonyl (C=O) groups excluding carboxylic acids is 1. The number of aromatic hydroxyl groups is 2. The molecule has 5 rings (SSSR count). The summed E-state index contributed by atoms with van der Waals surface area (Å²) in [7, 11) is 0. The third-order valence-electron chi connectivity index (χ3n) is 5.01. The molecule has 0 fully saturated rings. The predicted molar refractivity (Wildman–Crippen MR) is 128 cm³/mol. The van der Waals surface area contributed by atoms with E-state index in [1.807, 2.05) is 48.5 Å². The number of esters is 1. The first-order chi connectivity index (χ1) is 16.1. The molecule has 6 nitrogen and oxygen atoms in total. The summed E-state index contributed by atoms with van der Waals surface area (Å²) in [5, 5.41) is 21.1. The number of aromatic nitrogens is 2. The number of phenolic OH excluding ortho intramolecular Hbond substituents is 2. The molecule has 0 amide bonds. The molecule has 2 aromatic heterocycles. The van der Waals surface area contributed by atoms with E-state index in [1.165, 1.54) is 0 Å². The average Bonchev–Trinajstić information content (AvgIpc) is 2.85. The Kier molecular flexibility index (Phi) is 6.45. The Morgan fingerprint density at radius 3 is 2.18 bits per heavy atom. The number of fused-ring (bicyclic) bond motifs is 2. The highest BCUT2D eigenvalue weighted by molar-refractivity contribution is 5.97. The third kappa shape index (κ3) is 4.75. The van der Waals surface area contributed by atoms with E-state index in [2.05, 4.69) is 9.97 Å². The summed E-state index contributed by atoms with van der Waals surface area (Å²) in [5.41, 5.74) is 2.95. The van der Waals surface area contributed by atoms with Gasteiger partial charge in [-0.2, -0.15) is 0 Å². The van der Waals surface area contributed by atoms with Gasteiger partial charge in [0.15, 0.2) is 0 Å². The number of hydrogen-bond acceptors (Lipinski definition) is 6. The van der Waals surface area contributed by atoms with Crippen LogP contribution >= 0.6 is 0 Å². The third-order valence-corrected chi connectivity index (χ3v) is 5.01. The first-order valence-corrected chi connectivity index (χ1v) is 10.5. The van der Waals surface area contributed by atoms with Crippen molar-refractivity contribution in [3.8, 4) is 22.8 Å². The van der Waals surface area contributed by atoms with Crippen molar-refractivity contribution in [2.45, 2.75) is 6.92 Å². The maximum Gasteiger partial charge on any atom is 0.338 e. The van der Waals surface area contributed by atoms with Gasteiger partial charge >= 0.3 is 5.97 Å². The van der Waals surface area contributed by atoms with Crippen LogP contribution in [0.3, 0.4) is 0 Å². The Morgan fingerprint density at radius 2 is 1.45 bits per heavy atom. The fraction of sp³-hybridized carbons (Fsp3) is 0.0741. The van der Waals surface area contributed by atoms with Gasteiger partial charge in [0, 0.05) is 22.5 Å². The van der Waals surface area contributed by atoms with Crippen molar-refractivity contribution in [2.24, 2.45) is 0 Å². The second kappa shape index (κ2) is 9.78. The van der Waals surface area contributed by atoms with Crippen molar-refractivity contribution in [1.29, 1.82) is 0 Å². The zero-order valence-electron chi connectivity index (χ0n) is 18.0. The smallest absolute Gasteiger partial charge is 0.338 e. The number of benzene rings is 3. The van der Waals surface area contributed by atoms with Crippen LogP contribution in [0.25, 0.3) is 33.1 Å². The highest BCUT2D eigenvalue weighted by Crippen LogP contribution is 2.28. The number of rotatable bonds is 3. The van der Waals surface area contributed by atoms with E-state index < -0.39 is 0 Å². The maximum atomic E-state index is 12.1. The van der Waals surface area contributed by atoms with Gasteiger partial charge in [-0.3, -0.25) is 4.98 Å². The molecular weight excluding hydrogens is 416 g/mol. The zero-order valence-corrected chi connectivity index (χ0v) is 18.0. The van der Waals surface area contributed by atoms with E-state index in [0.717, 1.165) is 10.8 Å². The van der Waals surface area contributed by atoms with Crippen LogP contribution in [0.2, 0.25) is 0 Å². The molecule has 5 aromatic rings. The number of carbonyl (C=O) groups is 1. The summed E-state index contributed by atoms with van der Waals surface area (Å²) >= 11 is 0. The second-order valence-corrected chi connectivity index (χ2v) is 7.16. The van der Waals surface area contributed by atoms with Crippen LogP contribution < -0.4 is 0 Å². The molecule has 0 aliphatic heterocycles. The fourth-order valence-corrected chi connectivity index (χ4v) is 3.46. The monoisotopic (exact) mass is 438 g/mol. The van der Waals surface area contributed by atoms with Crippen LogP contribution in [-0.4, -0.2) is 32.8 Å². The molecule has 164 valence electrons. The van der Waals surface area contributed by atoms with Crippen molar-refractivity contribution >= 4 is 27.8 Å². The molecule has 3 aromatic carbocycles. The van der Waals surface area contributed by atoms with Crippen LogP contribution in [0.4, 0.5) is 0 Å². The van der Waals surface area contributed by atoms with Gasteiger partial charge in [-0.25, -0.2) is 9.78 Å². The standard InChI is InChI=1S/C18H15NO3.C9H7NO/c1-2-22-18(21)14-8-4-3-7-13(14)15-11-10-12-6-5-9-16(20)17(12)19-15;11-8-5-1-3-7-4-2-6-10-9(7)8/h3-11,20H,2H2,1H3;1-6,11H. The molecule has 0 aliphatic rings. The minimum atomic E-state index is -0.378. The Morgan fingerprint density at radius 1 is 0.788 bits per heavy atom. The normalized spacial score (nSPS) is 10.5. The predicted octanol–water partition coefficient (Wildman–Crippen LogP) is 5.72. The lowest BCUT2D eigenvalue weighted by Gasteiger charge is -2.09. The molecule has 33 heavy (non-hydrogen) atoms. The molecule has 0 radical (unpaired) electrons. The number of hydrogen-bond donors (Lipinski definition) is 2. The summed E-state index contributed by atoms with van der Waals surface area (Å²) in [4.78, 5) is 20.6. The largest absolute Gasteiger partial charge is 0.506 e. The van der Waals surface area contributed by atoms with E-state index >= 15 is 0 Å². The Balaban J connectivity index is 0.000000196. The van der Waals surface area contributed by atoms with Crippen molar-refractivity contribution in [2.75, 3.05) is 6.61 Å². The van der Waals surface area contributed by atoms with Gasteiger partial charge < -0.3 is 14.9 Å². The molecule has 0 saturated carbocycles. The first-order valence-electron chi connectivity index (χ1n) is 10.5. The Labute approximate surface area is 190 Å². The molecular formula is C27H22N2O4. The number of ether oxygens (including phenoxy) is 1. The highest BCUT2D eigenvalue weighted by Gasteiger charge is 2.15. The van der Waals surface area contributed by atoms with Gasteiger partial charge in [0.25, 0.3) is 0 Å². The molecule has 0 atom stereocenters. The fourth-order valence-electron chi connectivity index (χ4n) is 3.46. The molecule has 0 unspecified atom stereocenters. The highest BCUT2D eigenvalue weighted by atomic mass is 16.5. The van der Waals surface area contributed by atoms with Crippen molar-refractivity contribution < 1.29 is 19.7 Å². The number of phenols is 2. The molecule has 2 heterocycles. The van der Waals surface area contributed by atoms with Gasteiger partial charge in [0.1, 0.15) is 22.5 Å². The quantitative estimate of drug-likeness (QED) is 0.350. The zero-order chi connectivity index (χ0) is 23.2.